The lowest BCUT2D eigenvalue weighted by Gasteiger charge is -1.96. The first-order chi connectivity index (χ1) is 8.24. The predicted octanol–water partition coefficient (Wildman–Crippen LogP) is 3.00. The molecule has 1 aromatic carbocycles. The normalized spacial score (nSPS) is 13.4. The number of rotatable bonds is 1. The lowest BCUT2D eigenvalue weighted by Crippen LogP contribution is -2.00. The van der Waals surface area contributed by atoms with Crippen LogP contribution in [0.5, 0.6) is 5.75 Å². The number of fused-ring (bicyclic) bond motifs is 1. The van der Waals surface area contributed by atoms with Crippen LogP contribution in [0.2, 0.25) is 0 Å². The van der Waals surface area contributed by atoms with Crippen molar-refractivity contribution in [2.45, 2.75) is 13.3 Å². The summed E-state index contributed by atoms with van der Waals surface area (Å²) < 4.78 is 10.9. The highest BCUT2D eigenvalue weighted by Gasteiger charge is 2.32. The average Bonchev–Trinajstić information content (AvgIpc) is 2.69. The second kappa shape index (κ2) is 3.70. The molecule has 2 heterocycles. The van der Waals surface area contributed by atoms with Crippen molar-refractivity contribution in [1.29, 1.82) is 0 Å². The molecule has 0 amide bonds. The molecule has 0 unspecified atom stereocenters. The van der Waals surface area contributed by atoms with Crippen LogP contribution in [0.3, 0.4) is 0 Å². The molecule has 84 valence electrons. The van der Waals surface area contributed by atoms with E-state index >= 15 is 0 Å². The van der Waals surface area contributed by atoms with Crippen LogP contribution >= 0.6 is 0 Å². The fourth-order valence-corrected chi connectivity index (χ4v) is 2.02. The van der Waals surface area contributed by atoms with Crippen LogP contribution in [0.15, 0.2) is 40.8 Å². The van der Waals surface area contributed by atoms with E-state index in [1.807, 2.05) is 37.3 Å². The van der Waals surface area contributed by atoms with Gasteiger partial charge in [-0.3, -0.25) is 4.79 Å². The molecule has 0 bridgehead atoms. The Kier molecular flexibility index (Phi) is 2.18. The van der Waals surface area contributed by atoms with Gasteiger partial charge in [-0.15, -0.1) is 0 Å². The van der Waals surface area contributed by atoms with Crippen molar-refractivity contribution in [1.82, 2.24) is 0 Å². The van der Waals surface area contributed by atoms with Crippen molar-refractivity contribution in [2.75, 3.05) is 0 Å². The quantitative estimate of drug-likeness (QED) is 0.555. The van der Waals surface area contributed by atoms with E-state index in [9.17, 15) is 4.79 Å². The van der Waals surface area contributed by atoms with Gasteiger partial charge in [0.2, 0.25) is 0 Å². The molecule has 1 aliphatic heterocycles. The van der Waals surface area contributed by atoms with E-state index in [2.05, 4.69) is 0 Å². The smallest absolute Gasteiger partial charge is 0.367 e. The van der Waals surface area contributed by atoms with Gasteiger partial charge >= 0.3 is 17.5 Å². The van der Waals surface area contributed by atoms with E-state index in [1.54, 1.807) is 6.07 Å². The Morgan fingerprint density at radius 1 is 1.24 bits per heavy atom. The summed E-state index contributed by atoms with van der Waals surface area (Å²) in [5.41, 5.74) is 1.80. The number of aryl methyl sites for hydroxylation is 1. The van der Waals surface area contributed by atoms with Gasteiger partial charge in [0.15, 0.2) is 5.75 Å². The minimum Gasteiger partial charge on any atom is -0.425 e. The first-order valence-electron chi connectivity index (χ1n) is 5.47. The molecule has 0 spiro atoms. The third-order valence-corrected chi connectivity index (χ3v) is 2.75. The van der Waals surface area contributed by atoms with Gasteiger partial charge in [0, 0.05) is 0 Å². The van der Waals surface area contributed by atoms with Crippen LogP contribution in [0.25, 0.3) is 11.3 Å². The van der Waals surface area contributed by atoms with Crippen LogP contribution < -0.4 is 4.74 Å². The topological polar surface area (TPSA) is 37.6 Å². The van der Waals surface area contributed by atoms with Crippen molar-refractivity contribution in [3.8, 4) is 17.1 Å². The first-order valence-corrected chi connectivity index (χ1v) is 5.47. The van der Waals surface area contributed by atoms with Crippen molar-refractivity contribution >= 4 is 5.97 Å². The molecule has 3 heteroatoms. The lowest BCUT2D eigenvalue weighted by atomic mass is 10.1. The maximum atomic E-state index is 11.3. The summed E-state index contributed by atoms with van der Waals surface area (Å²) in [4.78, 5) is 11.3. The Morgan fingerprint density at radius 3 is 2.76 bits per heavy atom. The summed E-state index contributed by atoms with van der Waals surface area (Å²) in [5.74, 6) is 1.86. The van der Waals surface area contributed by atoms with E-state index in [-0.39, 0.29) is 12.4 Å². The van der Waals surface area contributed by atoms with Gasteiger partial charge in [0.1, 0.15) is 5.56 Å². The molecule has 17 heavy (non-hydrogen) atoms. The second-order valence-electron chi connectivity index (χ2n) is 4.05. The highest BCUT2D eigenvalue weighted by Crippen LogP contribution is 2.36. The van der Waals surface area contributed by atoms with Crippen LogP contribution in [0.4, 0.5) is 0 Å². The molecule has 1 aromatic heterocycles. The Bertz CT molecular complexity index is 588. The average molecular weight is 227 g/mol. The number of carbonyl (C=O) groups excluding carboxylic acids is 1. The monoisotopic (exact) mass is 227 g/mol. The summed E-state index contributed by atoms with van der Waals surface area (Å²) in [6, 6.07) is 11.5. The highest BCUT2D eigenvalue weighted by molar-refractivity contribution is 5.84. The molecule has 0 N–H and O–H groups in total. The van der Waals surface area contributed by atoms with E-state index in [4.69, 9.17) is 9.15 Å². The van der Waals surface area contributed by atoms with Gasteiger partial charge in [-0.2, -0.15) is 0 Å². The zero-order valence-electron chi connectivity index (χ0n) is 9.40. The lowest BCUT2D eigenvalue weighted by molar-refractivity contribution is -0.131. The second-order valence-corrected chi connectivity index (χ2v) is 4.05. The SMILES string of the molecule is Cc1cc2c(c(-c3ccccc3)[o+]1)CC(=O)O2. The van der Waals surface area contributed by atoms with Crippen molar-refractivity contribution in [3.63, 3.8) is 0 Å². The molecule has 1 aliphatic rings. The third-order valence-electron chi connectivity index (χ3n) is 2.75. The molecule has 0 atom stereocenters. The fourth-order valence-electron chi connectivity index (χ4n) is 2.02. The molecule has 0 fully saturated rings. The van der Waals surface area contributed by atoms with Crippen LogP contribution in [-0.4, -0.2) is 5.97 Å². The molecule has 3 nitrogen and oxygen atoms in total. The number of hydrogen-bond donors (Lipinski definition) is 0. The number of ether oxygens (including phenoxy) is 1. The Hall–Kier alpha value is -2.16. The molecule has 0 saturated heterocycles. The maximum absolute atomic E-state index is 11.3. The summed E-state index contributed by atoms with van der Waals surface area (Å²) >= 11 is 0. The van der Waals surface area contributed by atoms with E-state index < -0.39 is 0 Å². The molecular formula is C14H11O3+. The Labute approximate surface area is 98.7 Å². The van der Waals surface area contributed by atoms with Crippen molar-refractivity contribution in [3.05, 3.63) is 47.7 Å². The summed E-state index contributed by atoms with van der Waals surface area (Å²) in [7, 11) is 0. The molecule has 0 saturated carbocycles. The van der Waals surface area contributed by atoms with Crippen LogP contribution in [-0.2, 0) is 11.2 Å². The minimum absolute atomic E-state index is 0.224. The van der Waals surface area contributed by atoms with Crippen molar-refractivity contribution in [2.24, 2.45) is 0 Å². The molecular weight excluding hydrogens is 216 g/mol. The van der Waals surface area contributed by atoms with Gasteiger partial charge < -0.3 is 4.74 Å². The number of carbonyl (C=O) groups is 1. The van der Waals surface area contributed by atoms with Crippen molar-refractivity contribution < 1.29 is 13.9 Å². The van der Waals surface area contributed by atoms with E-state index in [1.165, 1.54) is 0 Å². The first kappa shape index (κ1) is 10.0. The molecule has 3 rings (SSSR count). The predicted molar refractivity (Wildman–Crippen MR) is 62.6 cm³/mol. The standard InChI is InChI=1S/C14H11O3/c1-9-7-12-11(8-13(15)17-12)14(16-9)10-5-3-2-4-6-10/h2-7H,8H2,1H3/q+1. The zero-order chi connectivity index (χ0) is 11.8. The van der Waals surface area contributed by atoms with Gasteiger partial charge in [0.25, 0.3) is 0 Å². The molecule has 0 radical (unpaired) electrons. The summed E-state index contributed by atoms with van der Waals surface area (Å²) in [6.45, 7) is 1.85. The molecule has 2 aromatic rings. The summed E-state index contributed by atoms with van der Waals surface area (Å²) in [5, 5.41) is 0. The maximum Gasteiger partial charge on any atom is 0.367 e. The Balaban J connectivity index is 2.22. The van der Waals surface area contributed by atoms with E-state index in [0.29, 0.717) is 5.75 Å². The van der Waals surface area contributed by atoms with Gasteiger partial charge in [-0.1, -0.05) is 18.2 Å². The van der Waals surface area contributed by atoms with Gasteiger partial charge in [0.05, 0.1) is 25.0 Å². The number of esters is 1. The highest BCUT2D eigenvalue weighted by atomic mass is 16.5. The number of benzene rings is 1. The largest absolute Gasteiger partial charge is 0.425 e. The number of hydrogen-bond acceptors (Lipinski definition) is 2. The molecule has 0 aliphatic carbocycles. The summed E-state index contributed by atoms with van der Waals surface area (Å²) in [6.07, 6.45) is 0.281. The fraction of sp³-hybridized carbons (Fsp3) is 0.143. The van der Waals surface area contributed by atoms with Crippen LogP contribution in [0.1, 0.15) is 11.3 Å². The van der Waals surface area contributed by atoms with Crippen LogP contribution in [0, 0.1) is 6.92 Å². The Morgan fingerprint density at radius 2 is 2.00 bits per heavy atom. The zero-order valence-corrected chi connectivity index (χ0v) is 9.40. The van der Waals surface area contributed by atoms with Gasteiger partial charge in [-0.05, 0) is 12.1 Å². The third kappa shape index (κ3) is 1.69. The van der Waals surface area contributed by atoms with Gasteiger partial charge in [-0.25, -0.2) is 4.42 Å². The minimum atomic E-state index is -0.224. The van der Waals surface area contributed by atoms with E-state index in [0.717, 1.165) is 22.6 Å².